The average molecular weight is 889 g/mol. The van der Waals surface area contributed by atoms with Crippen LogP contribution in [0.15, 0.2) is 12.2 Å². The van der Waals surface area contributed by atoms with Crippen molar-refractivity contribution in [3.63, 3.8) is 0 Å². The third-order valence-electron chi connectivity index (χ3n) is 12.8. The van der Waals surface area contributed by atoms with Crippen LogP contribution in [0.1, 0.15) is 316 Å². The number of carbonyl (C=O) groups is 3. The van der Waals surface area contributed by atoms with Crippen LogP contribution in [0.25, 0.3) is 0 Å². The number of ether oxygens (including phenoxy) is 3. The van der Waals surface area contributed by atoms with Gasteiger partial charge in [0.2, 0.25) is 0 Å². The fourth-order valence-electron chi connectivity index (χ4n) is 8.50. The molecule has 0 aromatic rings. The van der Waals surface area contributed by atoms with Crippen LogP contribution in [0.5, 0.6) is 0 Å². The summed E-state index contributed by atoms with van der Waals surface area (Å²) in [5.41, 5.74) is 0. The van der Waals surface area contributed by atoms with E-state index in [0.717, 1.165) is 64.2 Å². The second-order valence-corrected chi connectivity index (χ2v) is 19.2. The molecule has 0 aliphatic carbocycles. The van der Waals surface area contributed by atoms with Crippen LogP contribution in [0.2, 0.25) is 0 Å². The molecule has 0 spiro atoms. The largest absolute Gasteiger partial charge is 0.462 e. The smallest absolute Gasteiger partial charge is 0.306 e. The maximum absolute atomic E-state index is 12.8. The summed E-state index contributed by atoms with van der Waals surface area (Å²) in [6.07, 6.45) is 59.1. The van der Waals surface area contributed by atoms with Gasteiger partial charge in [-0.1, -0.05) is 264 Å². The normalized spacial score (nSPS) is 11.6. The number of unbranched alkanes of at least 4 members (excludes halogenated alkanes) is 39. The van der Waals surface area contributed by atoms with E-state index >= 15 is 0 Å². The standard InChI is InChI=1S/C57H108O6/c1-4-7-10-13-16-19-22-25-28-31-34-37-40-43-46-49-55(58)61-52-54(63-57(60)51-48-45-42-39-36-33-30-27-24-21-18-15-12-9-6-3)53-62-56(59)50-47-44-41-38-35-32-29-26-23-20-17-14-11-8-5-2/h27,30,54H,4-26,28-29,31-53H2,1-3H3. The molecule has 0 rings (SSSR count). The molecule has 0 aliphatic rings. The first kappa shape index (κ1) is 61.1. The van der Waals surface area contributed by atoms with Gasteiger partial charge in [0, 0.05) is 19.3 Å². The van der Waals surface area contributed by atoms with Crippen molar-refractivity contribution in [3.8, 4) is 0 Å². The SMILES string of the molecule is CCCCCCCCC=CCCCCCCCC(=O)OC(COC(=O)CCCCCCCCCCCCCCCCC)COC(=O)CCCCCCCCCCCCCCCCC. The second kappa shape index (κ2) is 52.8. The lowest BCUT2D eigenvalue weighted by Crippen LogP contribution is -2.30. The first-order valence-electron chi connectivity index (χ1n) is 28.2. The van der Waals surface area contributed by atoms with Crippen molar-refractivity contribution in [2.75, 3.05) is 13.2 Å². The molecule has 0 aliphatic heterocycles. The number of hydrogen-bond donors (Lipinski definition) is 0. The molecule has 0 aromatic heterocycles. The van der Waals surface area contributed by atoms with Gasteiger partial charge in [-0.2, -0.15) is 0 Å². The van der Waals surface area contributed by atoms with E-state index < -0.39 is 6.10 Å². The maximum Gasteiger partial charge on any atom is 0.306 e. The molecule has 0 saturated carbocycles. The quantitative estimate of drug-likeness (QED) is 0.0262. The summed E-state index contributed by atoms with van der Waals surface area (Å²) in [6, 6.07) is 0. The van der Waals surface area contributed by atoms with E-state index in [1.165, 1.54) is 212 Å². The fraction of sp³-hybridized carbons (Fsp3) is 0.912. The Morgan fingerprint density at radius 2 is 0.524 bits per heavy atom. The van der Waals surface area contributed by atoms with Gasteiger partial charge < -0.3 is 14.2 Å². The summed E-state index contributed by atoms with van der Waals surface area (Å²) < 4.78 is 16.9. The molecular weight excluding hydrogens is 781 g/mol. The van der Waals surface area contributed by atoms with Gasteiger partial charge >= 0.3 is 17.9 Å². The van der Waals surface area contributed by atoms with E-state index in [9.17, 15) is 14.4 Å². The number of carbonyl (C=O) groups excluding carboxylic acids is 3. The zero-order valence-corrected chi connectivity index (χ0v) is 42.6. The summed E-state index contributed by atoms with van der Waals surface area (Å²) in [5, 5.41) is 0. The predicted molar refractivity (Wildman–Crippen MR) is 270 cm³/mol. The van der Waals surface area contributed by atoms with Crippen LogP contribution >= 0.6 is 0 Å². The van der Waals surface area contributed by atoms with E-state index in [0.29, 0.717) is 19.3 Å². The molecule has 63 heavy (non-hydrogen) atoms. The molecule has 0 heterocycles. The van der Waals surface area contributed by atoms with Crippen molar-refractivity contribution in [2.24, 2.45) is 0 Å². The van der Waals surface area contributed by atoms with Crippen molar-refractivity contribution in [2.45, 2.75) is 322 Å². The highest BCUT2D eigenvalue weighted by atomic mass is 16.6. The molecule has 0 N–H and O–H groups in total. The lowest BCUT2D eigenvalue weighted by atomic mass is 10.0. The van der Waals surface area contributed by atoms with Crippen LogP contribution in [0, 0.1) is 0 Å². The van der Waals surface area contributed by atoms with Gasteiger partial charge in [-0.3, -0.25) is 14.4 Å². The molecule has 372 valence electrons. The Labute approximate surface area is 392 Å². The van der Waals surface area contributed by atoms with Crippen LogP contribution in [0.4, 0.5) is 0 Å². The average Bonchev–Trinajstić information content (AvgIpc) is 3.28. The molecule has 0 fully saturated rings. The molecule has 0 bridgehead atoms. The van der Waals surface area contributed by atoms with Gasteiger partial charge in [0.15, 0.2) is 6.10 Å². The highest BCUT2D eigenvalue weighted by Crippen LogP contribution is 2.17. The van der Waals surface area contributed by atoms with Crippen molar-refractivity contribution in [1.82, 2.24) is 0 Å². The van der Waals surface area contributed by atoms with Crippen LogP contribution in [-0.4, -0.2) is 37.2 Å². The first-order chi connectivity index (χ1) is 31.0. The maximum atomic E-state index is 12.8. The van der Waals surface area contributed by atoms with Gasteiger partial charge in [-0.05, 0) is 44.9 Å². The Morgan fingerprint density at radius 1 is 0.302 bits per heavy atom. The van der Waals surface area contributed by atoms with E-state index in [1.54, 1.807) is 0 Å². The Morgan fingerprint density at radius 3 is 0.794 bits per heavy atom. The first-order valence-corrected chi connectivity index (χ1v) is 28.2. The van der Waals surface area contributed by atoms with E-state index in [-0.39, 0.29) is 31.1 Å². The highest BCUT2D eigenvalue weighted by Gasteiger charge is 2.19. The Bertz CT molecular complexity index is 928. The highest BCUT2D eigenvalue weighted by molar-refractivity contribution is 5.71. The predicted octanol–water partition coefficient (Wildman–Crippen LogP) is 18.5. The Balaban J connectivity index is 4.33. The second-order valence-electron chi connectivity index (χ2n) is 19.2. The third-order valence-corrected chi connectivity index (χ3v) is 12.8. The van der Waals surface area contributed by atoms with Gasteiger partial charge in [0.05, 0.1) is 0 Å². The van der Waals surface area contributed by atoms with Gasteiger partial charge in [0.1, 0.15) is 13.2 Å². The minimum atomic E-state index is -0.768. The van der Waals surface area contributed by atoms with Crippen molar-refractivity contribution < 1.29 is 28.6 Å². The lowest BCUT2D eigenvalue weighted by Gasteiger charge is -2.18. The molecule has 0 saturated heterocycles. The van der Waals surface area contributed by atoms with E-state index in [4.69, 9.17) is 14.2 Å². The number of allylic oxidation sites excluding steroid dienone is 2. The van der Waals surface area contributed by atoms with Crippen molar-refractivity contribution in [1.29, 1.82) is 0 Å². The Hall–Kier alpha value is -1.85. The minimum absolute atomic E-state index is 0.0675. The van der Waals surface area contributed by atoms with Crippen LogP contribution < -0.4 is 0 Å². The van der Waals surface area contributed by atoms with Crippen LogP contribution in [0.3, 0.4) is 0 Å². The van der Waals surface area contributed by atoms with Gasteiger partial charge in [-0.15, -0.1) is 0 Å². The molecule has 0 radical (unpaired) electrons. The zero-order valence-electron chi connectivity index (χ0n) is 42.6. The fourth-order valence-corrected chi connectivity index (χ4v) is 8.50. The molecule has 6 heteroatoms. The minimum Gasteiger partial charge on any atom is -0.462 e. The van der Waals surface area contributed by atoms with Gasteiger partial charge in [-0.25, -0.2) is 0 Å². The van der Waals surface area contributed by atoms with Crippen LogP contribution in [-0.2, 0) is 28.6 Å². The molecule has 0 amide bonds. The topological polar surface area (TPSA) is 78.9 Å². The molecule has 0 atom stereocenters. The summed E-state index contributed by atoms with van der Waals surface area (Å²) in [6.45, 7) is 6.68. The van der Waals surface area contributed by atoms with Crippen molar-refractivity contribution in [3.05, 3.63) is 12.2 Å². The van der Waals surface area contributed by atoms with Gasteiger partial charge in [0.25, 0.3) is 0 Å². The van der Waals surface area contributed by atoms with E-state index in [2.05, 4.69) is 32.9 Å². The zero-order chi connectivity index (χ0) is 45.8. The summed E-state index contributed by atoms with van der Waals surface area (Å²) >= 11 is 0. The number of esters is 3. The van der Waals surface area contributed by atoms with E-state index in [1.807, 2.05) is 0 Å². The number of rotatable bonds is 52. The molecular formula is C57H108O6. The summed E-state index contributed by atoms with van der Waals surface area (Å²) in [4.78, 5) is 38.1. The third kappa shape index (κ3) is 51.0. The molecule has 0 unspecified atom stereocenters. The monoisotopic (exact) mass is 889 g/mol. The molecule has 6 nitrogen and oxygen atoms in total. The molecule has 0 aromatic carbocycles. The lowest BCUT2D eigenvalue weighted by molar-refractivity contribution is -0.167. The van der Waals surface area contributed by atoms with Crippen molar-refractivity contribution >= 4 is 17.9 Å². The summed E-state index contributed by atoms with van der Waals surface area (Å²) in [5.74, 6) is -0.853. The summed E-state index contributed by atoms with van der Waals surface area (Å²) in [7, 11) is 0. The Kier molecular flexibility index (Phi) is 51.2. The number of hydrogen-bond acceptors (Lipinski definition) is 6.